The van der Waals surface area contributed by atoms with Crippen LogP contribution >= 0.6 is 11.8 Å². The Kier molecular flexibility index (Phi) is 6.96. The topological polar surface area (TPSA) is 26.0 Å². The summed E-state index contributed by atoms with van der Waals surface area (Å²) in [6.07, 6.45) is 2.47. The molecule has 2 atom stereocenters. The van der Waals surface area contributed by atoms with Gasteiger partial charge in [-0.05, 0) is 31.4 Å². The summed E-state index contributed by atoms with van der Waals surface area (Å²) in [7, 11) is 0. The van der Waals surface area contributed by atoms with E-state index in [9.17, 15) is 0 Å². The third-order valence-electron chi connectivity index (χ3n) is 1.80. The Labute approximate surface area is 81.5 Å². The summed E-state index contributed by atoms with van der Waals surface area (Å²) in [5.74, 6) is 2.12. The SMILES string of the molecule is CC(C)CCSC(C)CC(C)N. The van der Waals surface area contributed by atoms with E-state index < -0.39 is 0 Å². The molecule has 74 valence electrons. The molecule has 2 heteroatoms. The molecule has 0 aromatic carbocycles. The predicted molar refractivity (Wildman–Crippen MR) is 59.6 cm³/mol. The van der Waals surface area contributed by atoms with Crippen molar-refractivity contribution in [3.05, 3.63) is 0 Å². The van der Waals surface area contributed by atoms with Gasteiger partial charge in [-0.25, -0.2) is 0 Å². The number of hydrogen-bond acceptors (Lipinski definition) is 2. The highest BCUT2D eigenvalue weighted by molar-refractivity contribution is 7.99. The lowest BCUT2D eigenvalue weighted by molar-refractivity contribution is 0.627. The van der Waals surface area contributed by atoms with Crippen molar-refractivity contribution >= 4 is 11.8 Å². The summed E-state index contributed by atoms with van der Waals surface area (Å²) in [5, 5.41) is 0.726. The molecule has 0 aromatic heterocycles. The smallest absolute Gasteiger partial charge is 0.00333 e. The Bertz CT molecular complexity index is 102. The molecule has 0 heterocycles. The lowest BCUT2D eigenvalue weighted by Crippen LogP contribution is -2.19. The van der Waals surface area contributed by atoms with Gasteiger partial charge in [0.1, 0.15) is 0 Å². The standard InChI is InChI=1S/C10H23NS/c1-8(2)5-6-12-10(4)7-9(3)11/h8-10H,5-7,11H2,1-4H3. The summed E-state index contributed by atoms with van der Waals surface area (Å²) in [6, 6.07) is 0.353. The number of thioether (sulfide) groups is 1. The van der Waals surface area contributed by atoms with E-state index in [0.717, 1.165) is 17.6 Å². The normalized spacial score (nSPS) is 16.5. The van der Waals surface area contributed by atoms with Crippen LogP contribution in [0.4, 0.5) is 0 Å². The minimum absolute atomic E-state index is 0.353. The fraction of sp³-hybridized carbons (Fsp3) is 1.00. The zero-order valence-electron chi connectivity index (χ0n) is 8.84. The molecule has 2 N–H and O–H groups in total. The molecule has 0 fully saturated rings. The van der Waals surface area contributed by atoms with Gasteiger partial charge < -0.3 is 5.73 Å². The third-order valence-corrected chi connectivity index (χ3v) is 3.03. The van der Waals surface area contributed by atoms with E-state index in [1.807, 2.05) is 0 Å². The van der Waals surface area contributed by atoms with Crippen LogP contribution in [0.3, 0.4) is 0 Å². The van der Waals surface area contributed by atoms with Crippen molar-refractivity contribution < 1.29 is 0 Å². The van der Waals surface area contributed by atoms with E-state index in [-0.39, 0.29) is 0 Å². The molecule has 0 radical (unpaired) electrons. The number of rotatable bonds is 6. The van der Waals surface area contributed by atoms with Crippen LogP contribution in [0.15, 0.2) is 0 Å². The molecule has 0 aliphatic heterocycles. The average Bonchev–Trinajstić information content (AvgIpc) is 1.84. The van der Waals surface area contributed by atoms with Crippen LogP contribution < -0.4 is 5.73 Å². The minimum Gasteiger partial charge on any atom is -0.328 e. The molecule has 0 aliphatic carbocycles. The van der Waals surface area contributed by atoms with Crippen LogP contribution in [-0.2, 0) is 0 Å². The summed E-state index contributed by atoms with van der Waals surface area (Å²) in [4.78, 5) is 0. The lowest BCUT2D eigenvalue weighted by atomic mass is 10.2. The van der Waals surface area contributed by atoms with Gasteiger partial charge in [-0.1, -0.05) is 20.8 Å². The lowest BCUT2D eigenvalue weighted by Gasteiger charge is -2.13. The summed E-state index contributed by atoms with van der Waals surface area (Å²) in [5.41, 5.74) is 5.71. The van der Waals surface area contributed by atoms with Gasteiger partial charge in [-0.15, -0.1) is 0 Å². The maximum absolute atomic E-state index is 5.71. The zero-order chi connectivity index (χ0) is 9.56. The first-order valence-corrected chi connectivity index (χ1v) is 5.94. The molecule has 0 aliphatic rings. The maximum Gasteiger partial charge on any atom is 0.00333 e. The largest absolute Gasteiger partial charge is 0.328 e. The Hall–Kier alpha value is 0.310. The van der Waals surface area contributed by atoms with E-state index in [0.29, 0.717) is 6.04 Å². The fourth-order valence-electron chi connectivity index (χ4n) is 1.10. The highest BCUT2D eigenvalue weighted by Gasteiger charge is 2.05. The predicted octanol–water partition coefficient (Wildman–Crippen LogP) is 2.89. The van der Waals surface area contributed by atoms with Gasteiger partial charge in [-0.3, -0.25) is 0 Å². The first-order chi connectivity index (χ1) is 5.52. The minimum atomic E-state index is 0.353. The van der Waals surface area contributed by atoms with Crippen LogP contribution in [0.5, 0.6) is 0 Å². The van der Waals surface area contributed by atoms with E-state index in [4.69, 9.17) is 5.73 Å². The second kappa shape index (κ2) is 6.79. The van der Waals surface area contributed by atoms with Crippen LogP contribution in [-0.4, -0.2) is 17.0 Å². The molecule has 0 bridgehead atoms. The molecule has 0 aromatic rings. The monoisotopic (exact) mass is 189 g/mol. The number of hydrogen-bond donors (Lipinski definition) is 1. The van der Waals surface area contributed by atoms with Crippen molar-refractivity contribution in [1.82, 2.24) is 0 Å². The van der Waals surface area contributed by atoms with E-state index >= 15 is 0 Å². The Balaban J connectivity index is 3.25. The van der Waals surface area contributed by atoms with Crippen LogP contribution in [0.2, 0.25) is 0 Å². The second-order valence-electron chi connectivity index (χ2n) is 4.08. The van der Waals surface area contributed by atoms with Crippen LogP contribution in [0.25, 0.3) is 0 Å². The van der Waals surface area contributed by atoms with Gasteiger partial charge in [0.05, 0.1) is 0 Å². The summed E-state index contributed by atoms with van der Waals surface area (Å²) < 4.78 is 0. The first kappa shape index (κ1) is 12.3. The van der Waals surface area contributed by atoms with Crippen molar-refractivity contribution in [1.29, 1.82) is 0 Å². The Morgan fingerprint density at radius 3 is 2.17 bits per heavy atom. The van der Waals surface area contributed by atoms with Gasteiger partial charge in [0.2, 0.25) is 0 Å². The van der Waals surface area contributed by atoms with Crippen molar-refractivity contribution in [3.8, 4) is 0 Å². The van der Waals surface area contributed by atoms with Crippen molar-refractivity contribution in [2.75, 3.05) is 5.75 Å². The Morgan fingerprint density at radius 2 is 1.75 bits per heavy atom. The van der Waals surface area contributed by atoms with Gasteiger partial charge in [-0.2, -0.15) is 11.8 Å². The molecule has 0 rings (SSSR count). The van der Waals surface area contributed by atoms with Crippen LogP contribution in [0, 0.1) is 5.92 Å². The van der Waals surface area contributed by atoms with Crippen molar-refractivity contribution in [2.45, 2.75) is 51.8 Å². The van der Waals surface area contributed by atoms with Gasteiger partial charge in [0, 0.05) is 11.3 Å². The highest BCUT2D eigenvalue weighted by Crippen LogP contribution is 2.17. The molecular formula is C10H23NS. The second-order valence-corrected chi connectivity index (χ2v) is 5.62. The number of nitrogens with two attached hydrogens (primary N) is 1. The van der Waals surface area contributed by atoms with E-state index in [2.05, 4.69) is 39.5 Å². The van der Waals surface area contributed by atoms with Crippen LogP contribution in [0.1, 0.15) is 40.5 Å². The zero-order valence-corrected chi connectivity index (χ0v) is 9.66. The summed E-state index contributed by atoms with van der Waals surface area (Å²) in [6.45, 7) is 8.90. The maximum atomic E-state index is 5.71. The molecular weight excluding hydrogens is 166 g/mol. The van der Waals surface area contributed by atoms with E-state index in [1.165, 1.54) is 12.2 Å². The molecule has 1 nitrogen and oxygen atoms in total. The first-order valence-electron chi connectivity index (χ1n) is 4.89. The third kappa shape index (κ3) is 8.41. The highest BCUT2D eigenvalue weighted by atomic mass is 32.2. The Morgan fingerprint density at radius 1 is 1.17 bits per heavy atom. The van der Waals surface area contributed by atoms with Gasteiger partial charge >= 0.3 is 0 Å². The van der Waals surface area contributed by atoms with E-state index in [1.54, 1.807) is 0 Å². The molecule has 0 saturated heterocycles. The molecule has 12 heavy (non-hydrogen) atoms. The fourth-order valence-corrected chi connectivity index (χ4v) is 2.55. The summed E-state index contributed by atoms with van der Waals surface area (Å²) >= 11 is 2.05. The van der Waals surface area contributed by atoms with Crippen molar-refractivity contribution in [2.24, 2.45) is 11.7 Å². The molecule has 2 unspecified atom stereocenters. The molecule has 0 saturated carbocycles. The molecule has 0 spiro atoms. The van der Waals surface area contributed by atoms with Crippen molar-refractivity contribution in [3.63, 3.8) is 0 Å². The average molecular weight is 189 g/mol. The quantitative estimate of drug-likeness (QED) is 0.695. The van der Waals surface area contributed by atoms with Gasteiger partial charge in [0.15, 0.2) is 0 Å². The van der Waals surface area contributed by atoms with Gasteiger partial charge in [0.25, 0.3) is 0 Å². The molecule has 0 amide bonds.